The second kappa shape index (κ2) is 48.4. The van der Waals surface area contributed by atoms with Crippen LogP contribution in [0.4, 0.5) is 11.6 Å². The van der Waals surface area contributed by atoms with Crippen LogP contribution in [0.1, 0.15) is 105 Å². The number of nitrogen functional groups attached to an aromatic ring is 1. The number of aromatic nitrogens is 11. The number of nitrogens with one attached hydrogen (secondary N) is 14. The number of aliphatic hydroxyl groups is 2. The van der Waals surface area contributed by atoms with Crippen molar-refractivity contribution in [1.29, 1.82) is 0 Å². The van der Waals surface area contributed by atoms with Gasteiger partial charge in [-0.05, 0) is 83.1 Å². The lowest BCUT2D eigenvalue weighted by Crippen LogP contribution is -2.59. The summed E-state index contributed by atoms with van der Waals surface area (Å²) in [4.78, 5) is 215. The molecule has 47 nitrogen and oxygen atoms in total. The van der Waals surface area contributed by atoms with Crippen LogP contribution >= 0.6 is 0 Å². The molecule has 9 atom stereocenters. The van der Waals surface area contributed by atoms with Gasteiger partial charge in [0.05, 0.1) is 89.0 Å². The summed E-state index contributed by atoms with van der Waals surface area (Å²) < 4.78 is 17.8. The van der Waals surface area contributed by atoms with Gasteiger partial charge in [-0.1, -0.05) is 5.21 Å². The normalized spacial score (nSPS) is 13.5. The van der Waals surface area contributed by atoms with Crippen LogP contribution in [0.3, 0.4) is 0 Å². The van der Waals surface area contributed by atoms with E-state index >= 15 is 0 Å². The average molecular weight is 1620 g/mol. The molecule has 0 aliphatic carbocycles. The number of nitrogens with zero attached hydrogens (tertiary/aromatic N) is 8. The highest BCUT2D eigenvalue weighted by Crippen LogP contribution is 2.15. The molecule has 115 heavy (non-hydrogen) atoms. The molecule has 0 fully saturated rings. The van der Waals surface area contributed by atoms with Gasteiger partial charge in [0.2, 0.25) is 70.9 Å². The predicted molar refractivity (Wildman–Crippen MR) is 400 cm³/mol. The van der Waals surface area contributed by atoms with E-state index in [2.05, 4.69) is 114 Å². The van der Waals surface area contributed by atoms with Crippen molar-refractivity contribution in [3.05, 3.63) is 100 Å². The number of nitrogens with two attached hydrogens (primary N) is 4. The van der Waals surface area contributed by atoms with E-state index in [9.17, 15) is 82.4 Å². The minimum absolute atomic E-state index is 0.0120. The summed E-state index contributed by atoms with van der Waals surface area (Å²) in [6.45, 7) is 1.88. The molecule has 5 aromatic heterocycles. The number of aliphatic carboxylic acids is 1. The van der Waals surface area contributed by atoms with Crippen LogP contribution < -0.4 is 87.1 Å². The van der Waals surface area contributed by atoms with E-state index < -0.39 is 163 Å². The minimum Gasteiger partial charge on any atom is -0.480 e. The predicted octanol–water partition coefficient (Wildman–Crippen LogP) is -7.70. The zero-order valence-corrected chi connectivity index (χ0v) is 63.0. The molecule has 1 aromatic carbocycles. The van der Waals surface area contributed by atoms with E-state index in [4.69, 9.17) is 37.3 Å². The topological polar surface area (TPSA) is 716 Å². The Kier molecular flexibility index (Phi) is 38.4. The Morgan fingerprint density at radius 1 is 0.583 bits per heavy atom. The van der Waals surface area contributed by atoms with Gasteiger partial charge in [-0.25, -0.2) is 30.6 Å². The number of amides is 12. The van der Waals surface area contributed by atoms with Gasteiger partial charge >= 0.3 is 5.97 Å². The van der Waals surface area contributed by atoms with Gasteiger partial charge in [0.15, 0.2) is 11.2 Å². The van der Waals surface area contributed by atoms with Gasteiger partial charge in [-0.15, -0.1) is 5.10 Å². The van der Waals surface area contributed by atoms with Crippen LogP contribution in [0.15, 0.2) is 66.5 Å². The van der Waals surface area contributed by atoms with Crippen molar-refractivity contribution >= 4 is 99.7 Å². The minimum atomic E-state index is -1.72. The molecule has 5 heterocycles. The third kappa shape index (κ3) is 33.3. The first-order chi connectivity index (χ1) is 55.1. The van der Waals surface area contributed by atoms with E-state index in [1.807, 2.05) is 0 Å². The fourth-order valence-electron chi connectivity index (χ4n) is 10.8. The van der Waals surface area contributed by atoms with Gasteiger partial charge in [-0.3, -0.25) is 76.8 Å². The molecular formula is C68H98N26O21. The van der Waals surface area contributed by atoms with Crippen LogP contribution in [-0.4, -0.2) is 267 Å². The van der Waals surface area contributed by atoms with Crippen molar-refractivity contribution in [1.82, 2.24) is 108 Å². The third-order valence-corrected chi connectivity index (χ3v) is 16.8. The van der Waals surface area contributed by atoms with E-state index in [0.717, 1.165) is 0 Å². The monoisotopic (exact) mass is 1610 g/mol. The second-order valence-electron chi connectivity index (χ2n) is 26.1. The number of aliphatic hydroxyl groups excluding tert-OH is 2. The number of hydrogen-bond donors (Lipinski definition) is 21. The first-order valence-corrected chi connectivity index (χ1v) is 36.4. The standard InChI is InChI=1S/C68H98N26O21/c1-37(96)23-53(98)81-38(2)60(103)85-46(62(105)76-16-18-112-19-20-113-21-22-114-33-55(100)83-45(57(69)101)7-3-5-15-75-54(99)34-115-72)8-4-6-17-94-31-43(92-93-94)26-49(63(106)88-50(25-42-28-74-36-80-42)64(107)89-51(32-95)65(108)87-48(58(70)102)24-41-27-73-35-79-41)84-52(97)14-13-47(67(110)111)86-61(104)39-9-11-40(12-10-39)77-29-44-30-78-59-56(82-44)66(109)91-68(71)90-59/h9-12,27-28,30-31,35-38,45-51,77,95-96H,3-8,13-26,29,32-34,72H2,1-2H3,(H2,69,101)(H2,70,102)(H,73,79)(H,74,80)(H,75,99)(H,76,105)(H,81,98)(H,83,100)(H,84,97)(H,85,103)(H,86,104)(H,87,108)(H,88,106)(H,89,107)(H,110,111)(H3,71,78,90,91,109)/t37-,38+,45-,46-,47-,48+,49-,50+,51+/m0/s1. The molecule has 0 aliphatic heterocycles. The number of benzene rings is 1. The molecule has 0 radical (unpaired) electrons. The molecule has 0 saturated carbocycles. The number of unbranched alkanes of at least 4 members (excludes halogenated alkanes) is 2. The Morgan fingerprint density at radius 3 is 1.83 bits per heavy atom. The van der Waals surface area contributed by atoms with Crippen molar-refractivity contribution in [2.75, 3.05) is 77.0 Å². The number of ether oxygens (including phenoxy) is 3. The molecule has 25 N–H and O–H groups in total. The molecule has 0 aliphatic rings. The van der Waals surface area contributed by atoms with Crippen LogP contribution in [0, 0.1) is 0 Å². The Morgan fingerprint density at radius 2 is 1.19 bits per heavy atom. The number of hydrogen-bond acceptors (Lipinski definition) is 30. The van der Waals surface area contributed by atoms with Gasteiger partial charge < -0.3 is 115 Å². The van der Waals surface area contributed by atoms with Crippen LogP contribution in [0.25, 0.3) is 11.2 Å². The Balaban J connectivity index is 1.07. The van der Waals surface area contributed by atoms with E-state index in [0.29, 0.717) is 36.5 Å². The summed E-state index contributed by atoms with van der Waals surface area (Å²) in [6.07, 6.45) is 6.60. The van der Waals surface area contributed by atoms with Crippen LogP contribution in [0.5, 0.6) is 0 Å². The molecule has 47 heteroatoms. The molecule has 0 saturated heterocycles. The number of rotatable bonds is 55. The van der Waals surface area contributed by atoms with E-state index in [1.54, 1.807) is 0 Å². The number of aryl methyl sites for hydroxylation is 1. The van der Waals surface area contributed by atoms with Crippen molar-refractivity contribution in [2.45, 2.75) is 158 Å². The number of anilines is 2. The first-order valence-electron chi connectivity index (χ1n) is 36.4. The highest BCUT2D eigenvalue weighted by Gasteiger charge is 2.34. The summed E-state index contributed by atoms with van der Waals surface area (Å²) in [7, 11) is 0. The first kappa shape index (κ1) is 91.3. The summed E-state index contributed by atoms with van der Waals surface area (Å²) in [5, 5.41) is 67.0. The van der Waals surface area contributed by atoms with Crippen molar-refractivity contribution in [3.8, 4) is 0 Å². The summed E-state index contributed by atoms with van der Waals surface area (Å²) in [5.74, 6) is -6.26. The van der Waals surface area contributed by atoms with Gasteiger partial charge in [0.25, 0.3) is 11.5 Å². The number of carbonyl (C=O) groups excluding carboxylic acids is 12. The maximum absolute atomic E-state index is 14.7. The van der Waals surface area contributed by atoms with Crippen LogP contribution in [0.2, 0.25) is 0 Å². The zero-order chi connectivity index (χ0) is 83.8. The fourth-order valence-corrected chi connectivity index (χ4v) is 10.8. The third-order valence-electron chi connectivity index (χ3n) is 16.8. The Bertz CT molecular complexity index is 4240. The summed E-state index contributed by atoms with van der Waals surface area (Å²) in [6, 6.07) is -5.36. The zero-order valence-electron chi connectivity index (χ0n) is 63.0. The molecular weight excluding hydrogens is 1520 g/mol. The van der Waals surface area contributed by atoms with Gasteiger partial charge in [-0.2, -0.15) is 4.98 Å². The number of primary amides is 2. The molecule has 0 spiro atoms. The number of aromatic amines is 3. The smallest absolute Gasteiger partial charge is 0.326 e. The lowest BCUT2D eigenvalue weighted by Gasteiger charge is -2.25. The number of imidazole rings is 2. The largest absolute Gasteiger partial charge is 0.480 e. The molecule has 12 amide bonds. The van der Waals surface area contributed by atoms with Crippen molar-refractivity contribution < 1.29 is 96.7 Å². The van der Waals surface area contributed by atoms with Crippen molar-refractivity contribution in [3.63, 3.8) is 0 Å². The highest BCUT2D eigenvalue weighted by molar-refractivity contribution is 5.98. The lowest BCUT2D eigenvalue weighted by molar-refractivity contribution is -0.140. The summed E-state index contributed by atoms with van der Waals surface area (Å²) >= 11 is 0. The number of carboxylic acids is 1. The molecule has 6 aromatic rings. The van der Waals surface area contributed by atoms with Crippen molar-refractivity contribution in [2.24, 2.45) is 17.4 Å². The number of H-pyrrole nitrogens is 3. The molecule has 6 rings (SSSR count). The maximum atomic E-state index is 14.7. The quantitative estimate of drug-likeness (QED) is 0.0125. The average Bonchev–Trinajstić information content (AvgIpc) is 1.49. The number of carbonyl (C=O) groups is 13. The van der Waals surface area contributed by atoms with Gasteiger partial charge in [0.1, 0.15) is 61.5 Å². The lowest BCUT2D eigenvalue weighted by atomic mass is 10.1. The molecule has 626 valence electrons. The Hall–Kier alpha value is -12.6. The van der Waals surface area contributed by atoms with E-state index in [1.165, 1.54) is 80.2 Å². The summed E-state index contributed by atoms with van der Waals surface area (Å²) in [5.41, 5.74) is 17.7. The fraction of sp³-hybridized carbons (Fsp3) is 0.515. The SMILES string of the molecule is C[C@H](O)CC(=O)N[C@H](C)C(=O)N[C@@H](CCCCn1cc(C[C@H](NC(=O)CC[C@H](NC(=O)c2ccc(NCc3cnc4nc(N)[nH]c(=O)c4n3)cc2)C(=O)O)C(=O)N[C@H](Cc2cnc[nH]2)C(=O)N[C@H](CO)C(=O)N[C@H](Cc2cnc[nH]2)C(N)=O)nn1)C(=O)NCCOCCOCCOCC(=O)N[C@@H](CCCCNC(=O)CON)C(N)=O. The number of carboxylic acid groups (broad SMARTS) is 1. The second-order valence-corrected chi connectivity index (χ2v) is 26.1. The van der Waals surface area contributed by atoms with Gasteiger partial charge in [0, 0.05) is 86.5 Å². The Labute approximate surface area is 655 Å². The number of fused-ring (bicyclic) bond motifs is 1. The maximum Gasteiger partial charge on any atom is 0.326 e. The highest BCUT2D eigenvalue weighted by atomic mass is 16.6. The van der Waals surface area contributed by atoms with Crippen LogP contribution in [-0.2, 0) is 109 Å². The molecule has 0 bridgehead atoms. The molecule has 0 unspecified atom stereocenters. The van der Waals surface area contributed by atoms with E-state index in [-0.39, 0.29) is 145 Å².